The van der Waals surface area contributed by atoms with E-state index in [2.05, 4.69) is 32.6 Å². The van der Waals surface area contributed by atoms with Gasteiger partial charge in [-0.3, -0.25) is 0 Å². The molecule has 0 atom stereocenters. The van der Waals surface area contributed by atoms with E-state index in [-0.39, 0.29) is 0 Å². The quantitative estimate of drug-likeness (QED) is 0.619. The molecule has 0 unspecified atom stereocenters. The van der Waals surface area contributed by atoms with Crippen LogP contribution in [0.4, 0.5) is 0 Å². The molecular weight excluding hydrogens is 351 g/mol. The Bertz CT molecular complexity index is 493. The molecule has 88 valence electrons. The molecule has 0 aliphatic rings. The van der Waals surface area contributed by atoms with E-state index in [0.29, 0.717) is 24.2 Å². The highest BCUT2D eigenvalue weighted by atomic mass is 127. The molecule has 0 saturated carbocycles. The Hall–Kier alpha value is -0.720. The summed E-state index contributed by atoms with van der Waals surface area (Å²) in [5.41, 5.74) is 1.13. The Morgan fingerprint density at radius 2 is 1.94 bits per heavy atom. The van der Waals surface area contributed by atoms with Crippen LogP contribution in [0.5, 0.6) is 0 Å². The maximum atomic E-state index is 5.90. The van der Waals surface area contributed by atoms with Crippen LogP contribution in [0.15, 0.2) is 36.5 Å². The van der Waals surface area contributed by atoms with Gasteiger partial charge in [-0.1, -0.05) is 41.9 Å². The molecule has 17 heavy (non-hydrogen) atoms. The molecule has 2 rings (SSSR count). The molecule has 0 bridgehead atoms. The fourth-order valence-electron chi connectivity index (χ4n) is 1.28. The normalized spacial score (nSPS) is 10.5. The van der Waals surface area contributed by atoms with Gasteiger partial charge in [-0.25, -0.2) is 9.97 Å². The van der Waals surface area contributed by atoms with Gasteiger partial charge in [-0.15, -0.1) is 0 Å². The summed E-state index contributed by atoms with van der Waals surface area (Å²) in [5, 5.41) is 0.471. The largest absolute Gasteiger partial charge is 0.369 e. The standard InChI is InChI=1S/C12H10ClIN2O/c13-12-10(14)6-15-11(16-12)8-17-7-9-4-2-1-3-5-9/h1-6H,7-8H2. The zero-order valence-corrected chi connectivity index (χ0v) is 11.9. The minimum Gasteiger partial charge on any atom is -0.369 e. The van der Waals surface area contributed by atoms with E-state index in [1.54, 1.807) is 6.20 Å². The van der Waals surface area contributed by atoms with Crippen LogP contribution in [-0.4, -0.2) is 9.97 Å². The van der Waals surface area contributed by atoms with E-state index in [4.69, 9.17) is 16.3 Å². The molecule has 1 heterocycles. The number of rotatable bonds is 4. The molecule has 0 amide bonds. The predicted molar refractivity (Wildman–Crippen MR) is 74.7 cm³/mol. The highest BCUT2D eigenvalue weighted by molar-refractivity contribution is 14.1. The lowest BCUT2D eigenvalue weighted by atomic mass is 10.2. The Morgan fingerprint density at radius 3 is 2.65 bits per heavy atom. The topological polar surface area (TPSA) is 35.0 Å². The molecule has 1 aromatic heterocycles. The van der Waals surface area contributed by atoms with E-state index in [1.165, 1.54) is 0 Å². The van der Waals surface area contributed by atoms with Crippen LogP contribution in [0.2, 0.25) is 5.15 Å². The third-order valence-corrected chi connectivity index (χ3v) is 3.49. The van der Waals surface area contributed by atoms with Crippen LogP contribution < -0.4 is 0 Å². The maximum Gasteiger partial charge on any atom is 0.155 e. The average Bonchev–Trinajstić information content (AvgIpc) is 2.35. The number of nitrogens with zero attached hydrogens (tertiary/aromatic N) is 2. The fraction of sp³-hybridized carbons (Fsp3) is 0.167. The summed E-state index contributed by atoms with van der Waals surface area (Å²) in [4.78, 5) is 8.27. The summed E-state index contributed by atoms with van der Waals surface area (Å²) in [7, 11) is 0. The summed E-state index contributed by atoms with van der Waals surface area (Å²) < 4.78 is 6.36. The van der Waals surface area contributed by atoms with Gasteiger partial charge in [0, 0.05) is 6.20 Å². The first-order chi connectivity index (χ1) is 8.25. The van der Waals surface area contributed by atoms with Crippen molar-refractivity contribution in [3.63, 3.8) is 0 Å². The van der Waals surface area contributed by atoms with E-state index < -0.39 is 0 Å². The smallest absolute Gasteiger partial charge is 0.155 e. The number of aromatic nitrogens is 2. The molecule has 0 aliphatic heterocycles. The third kappa shape index (κ3) is 3.90. The second-order valence-electron chi connectivity index (χ2n) is 3.40. The Morgan fingerprint density at radius 1 is 1.18 bits per heavy atom. The van der Waals surface area contributed by atoms with Crippen LogP contribution in [0, 0.1) is 3.57 Å². The second kappa shape index (κ2) is 6.28. The first-order valence-electron chi connectivity index (χ1n) is 5.04. The molecule has 3 nitrogen and oxygen atoms in total. The number of ether oxygens (including phenoxy) is 1. The minimum absolute atomic E-state index is 0.367. The van der Waals surface area contributed by atoms with Crippen LogP contribution in [-0.2, 0) is 18.0 Å². The van der Waals surface area contributed by atoms with Crippen molar-refractivity contribution in [2.45, 2.75) is 13.2 Å². The highest BCUT2D eigenvalue weighted by Gasteiger charge is 2.02. The molecule has 0 spiro atoms. The van der Waals surface area contributed by atoms with Crippen LogP contribution >= 0.6 is 34.2 Å². The van der Waals surface area contributed by atoms with Crippen LogP contribution in [0.3, 0.4) is 0 Å². The molecule has 2 aromatic rings. The molecule has 0 radical (unpaired) electrons. The lowest BCUT2D eigenvalue weighted by Gasteiger charge is -2.04. The monoisotopic (exact) mass is 360 g/mol. The lowest BCUT2D eigenvalue weighted by Crippen LogP contribution is -2.00. The maximum absolute atomic E-state index is 5.90. The van der Waals surface area contributed by atoms with Gasteiger partial charge in [0.2, 0.25) is 0 Å². The zero-order valence-electron chi connectivity index (χ0n) is 8.94. The van der Waals surface area contributed by atoms with Gasteiger partial charge in [0.05, 0.1) is 10.2 Å². The van der Waals surface area contributed by atoms with Crippen molar-refractivity contribution in [1.82, 2.24) is 9.97 Å². The molecule has 5 heteroatoms. The van der Waals surface area contributed by atoms with Crippen molar-refractivity contribution in [3.8, 4) is 0 Å². The molecular formula is C12H10ClIN2O. The fourth-order valence-corrected chi connectivity index (χ4v) is 1.69. The predicted octanol–water partition coefficient (Wildman–Crippen LogP) is 3.45. The first-order valence-corrected chi connectivity index (χ1v) is 6.50. The molecule has 0 N–H and O–H groups in total. The van der Waals surface area contributed by atoms with Crippen molar-refractivity contribution in [3.05, 3.63) is 56.6 Å². The van der Waals surface area contributed by atoms with Gasteiger partial charge in [0.1, 0.15) is 11.8 Å². The highest BCUT2D eigenvalue weighted by Crippen LogP contribution is 2.14. The molecule has 1 aromatic carbocycles. The van der Waals surface area contributed by atoms with Gasteiger partial charge >= 0.3 is 0 Å². The molecule has 0 aliphatic carbocycles. The van der Waals surface area contributed by atoms with E-state index in [0.717, 1.165) is 9.13 Å². The zero-order chi connectivity index (χ0) is 12.1. The minimum atomic E-state index is 0.367. The lowest BCUT2D eigenvalue weighted by molar-refractivity contribution is 0.102. The van der Waals surface area contributed by atoms with Gasteiger partial charge in [0.25, 0.3) is 0 Å². The van der Waals surface area contributed by atoms with Crippen molar-refractivity contribution < 1.29 is 4.74 Å². The van der Waals surface area contributed by atoms with Crippen LogP contribution in [0.25, 0.3) is 0 Å². The number of hydrogen-bond donors (Lipinski definition) is 0. The van der Waals surface area contributed by atoms with Crippen molar-refractivity contribution in [1.29, 1.82) is 0 Å². The van der Waals surface area contributed by atoms with E-state index >= 15 is 0 Å². The summed E-state index contributed by atoms with van der Waals surface area (Å²) in [6.45, 7) is 0.916. The molecule has 0 saturated heterocycles. The SMILES string of the molecule is Clc1nc(COCc2ccccc2)ncc1I. The Kier molecular flexibility index (Phi) is 4.70. The van der Waals surface area contributed by atoms with Crippen molar-refractivity contribution in [2.75, 3.05) is 0 Å². The van der Waals surface area contributed by atoms with E-state index in [1.807, 2.05) is 30.3 Å². The summed E-state index contributed by atoms with van der Waals surface area (Å²) in [6, 6.07) is 9.98. The number of halogens is 2. The Balaban J connectivity index is 1.88. The van der Waals surface area contributed by atoms with Gasteiger partial charge in [-0.05, 0) is 28.2 Å². The van der Waals surface area contributed by atoms with Crippen molar-refractivity contribution >= 4 is 34.2 Å². The first kappa shape index (κ1) is 12.7. The number of hydrogen-bond acceptors (Lipinski definition) is 3. The molecule has 0 fully saturated rings. The number of benzene rings is 1. The van der Waals surface area contributed by atoms with Gasteiger partial charge in [-0.2, -0.15) is 0 Å². The summed E-state index contributed by atoms with van der Waals surface area (Å²) in [5.74, 6) is 0.603. The van der Waals surface area contributed by atoms with Crippen molar-refractivity contribution in [2.24, 2.45) is 0 Å². The Labute approximate surface area is 118 Å². The van der Waals surface area contributed by atoms with Gasteiger partial charge in [0.15, 0.2) is 5.82 Å². The summed E-state index contributed by atoms with van der Waals surface area (Å²) in [6.07, 6.45) is 1.69. The average molecular weight is 361 g/mol. The second-order valence-corrected chi connectivity index (χ2v) is 4.92. The van der Waals surface area contributed by atoms with E-state index in [9.17, 15) is 0 Å². The summed E-state index contributed by atoms with van der Waals surface area (Å²) >= 11 is 7.99. The van der Waals surface area contributed by atoms with Gasteiger partial charge < -0.3 is 4.74 Å². The van der Waals surface area contributed by atoms with Crippen LogP contribution in [0.1, 0.15) is 11.4 Å². The third-order valence-electron chi connectivity index (χ3n) is 2.09.